The summed E-state index contributed by atoms with van der Waals surface area (Å²) in [6, 6.07) is 7.00. The molecule has 0 aliphatic carbocycles. The third kappa shape index (κ3) is 3.21. The zero-order valence-corrected chi connectivity index (χ0v) is 10.7. The molecule has 0 unspecified atom stereocenters. The van der Waals surface area contributed by atoms with E-state index in [0.717, 1.165) is 11.1 Å². The van der Waals surface area contributed by atoms with Gasteiger partial charge in [0.15, 0.2) is 0 Å². The van der Waals surface area contributed by atoms with Gasteiger partial charge >= 0.3 is 0 Å². The lowest BCUT2D eigenvalue weighted by Crippen LogP contribution is -2.07. The Balaban J connectivity index is 2.05. The molecule has 0 fully saturated rings. The number of nitrogens with one attached hydrogen (secondary N) is 1. The molecule has 92 valence electrons. The summed E-state index contributed by atoms with van der Waals surface area (Å²) < 4.78 is 0. The Hall–Kier alpha value is -2.07. The van der Waals surface area contributed by atoms with E-state index < -0.39 is 0 Å². The summed E-state index contributed by atoms with van der Waals surface area (Å²) in [6.07, 6.45) is 3.18. The summed E-state index contributed by atoms with van der Waals surface area (Å²) in [4.78, 5) is 11.7. The molecule has 0 bridgehead atoms. The molecule has 2 rings (SSSR count). The van der Waals surface area contributed by atoms with Crippen molar-refractivity contribution < 1.29 is 9.90 Å². The number of aromatic hydroxyl groups is 1. The van der Waals surface area contributed by atoms with E-state index in [1.54, 1.807) is 35.6 Å². The van der Waals surface area contributed by atoms with Gasteiger partial charge in [-0.05, 0) is 53.1 Å². The highest BCUT2D eigenvalue weighted by molar-refractivity contribution is 7.08. The number of rotatable bonds is 3. The lowest BCUT2D eigenvalue weighted by Gasteiger charge is -2.05. The van der Waals surface area contributed by atoms with Crippen molar-refractivity contribution in [2.75, 3.05) is 5.32 Å². The fraction of sp³-hybridized carbons (Fsp3) is 0.0714. The maximum absolute atomic E-state index is 11.7. The normalized spacial score (nSPS) is 10.7. The van der Waals surface area contributed by atoms with Crippen molar-refractivity contribution >= 4 is 29.0 Å². The molecule has 3 nitrogen and oxygen atoms in total. The van der Waals surface area contributed by atoms with E-state index in [0.29, 0.717) is 5.69 Å². The molecule has 0 aliphatic rings. The van der Waals surface area contributed by atoms with Gasteiger partial charge in [-0.25, -0.2) is 0 Å². The summed E-state index contributed by atoms with van der Waals surface area (Å²) >= 11 is 1.58. The molecule has 0 spiro atoms. The number of carbonyl (C=O) groups excluding carboxylic acids is 1. The van der Waals surface area contributed by atoms with Crippen LogP contribution < -0.4 is 5.32 Å². The number of phenolic OH excluding ortho intramolecular Hbond substituents is 1. The van der Waals surface area contributed by atoms with Crippen molar-refractivity contribution in [2.45, 2.75) is 6.92 Å². The van der Waals surface area contributed by atoms with Gasteiger partial charge in [0.1, 0.15) is 5.75 Å². The van der Waals surface area contributed by atoms with Gasteiger partial charge in [0.2, 0.25) is 5.91 Å². The predicted octanol–water partition coefficient (Wildman–Crippen LogP) is 3.41. The standard InChI is InChI=1S/C14H13NO2S/c1-10-2-4-13(16)12(8-10)15-14(17)5-3-11-6-7-18-9-11/h2-9,16H,1H3,(H,15,17)/b5-3+. The van der Waals surface area contributed by atoms with Gasteiger partial charge < -0.3 is 10.4 Å². The molecule has 0 saturated heterocycles. The number of hydrogen-bond acceptors (Lipinski definition) is 3. The van der Waals surface area contributed by atoms with Crippen molar-refractivity contribution in [1.29, 1.82) is 0 Å². The molecule has 0 aliphatic heterocycles. The second-order valence-corrected chi connectivity index (χ2v) is 4.68. The maximum Gasteiger partial charge on any atom is 0.248 e. The zero-order valence-electron chi connectivity index (χ0n) is 9.88. The van der Waals surface area contributed by atoms with Crippen molar-refractivity contribution in [2.24, 2.45) is 0 Å². The maximum atomic E-state index is 11.7. The Labute approximate surface area is 109 Å². The predicted molar refractivity (Wildman–Crippen MR) is 74.8 cm³/mol. The first-order chi connectivity index (χ1) is 8.65. The summed E-state index contributed by atoms with van der Waals surface area (Å²) in [6.45, 7) is 1.90. The number of carbonyl (C=O) groups is 1. The van der Waals surface area contributed by atoms with Gasteiger partial charge in [-0.3, -0.25) is 4.79 Å². The SMILES string of the molecule is Cc1ccc(O)c(NC(=O)/C=C/c2ccsc2)c1. The van der Waals surface area contributed by atoms with Crippen LogP contribution in [0.3, 0.4) is 0 Å². The summed E-state index contributed by atoms with van der Waals surface area (Å²) in [7, 11) is 0. The van der Waals surface area contributed by atoms with Gasteiger partial charge in [-0.1, -0.05) is 6.07 Å². The Morgan fingerprint density at radius 3 is 2.94 bits per heavy atom. The molecule has 2 aromatic rings. The third-order valence-electron chi connectivity index (χ3n) is 2.38. The van der Waals surface area contributed by atoms with Gasteiger partial charge in [-0.15, -0.1) is 0 Å². The molecule has 1 aromatic carbocycles. The molecule has 0 radical (unpaired) electrons. The molecule has 2 N–H and O–H groups in total. The van der Waals surface area contributed by atoms with Crippen LogP contribution in [0.5, 0.6) is 5.75 Å². The lowest BCUT2D eigenvalue weighted by atomic mass is 10.2. The molecule has 1 heterocycles. The topological polar surface area (TPSA) is 49.3 Å². The van der Waals surface area contributed by atoms with Gasteiger partial charge in [0.25, 0.3) is 0 Å². The summed E-state index contributed by atoms with van der Waals surface area (Å²) in [5.41, 5.74) is 2.39. The van der Waals surface area contributed by atoms with Crippen molar-refractivity contribution in [3.8, 4) is 5.75 Å². The molecule has 18 heavy (non-hydrogen) atoms. The lowest BCUT2D eigenvalue weighted by molar-refractivity contribution is -0.111. The van der Waals surface area contributed by atoms with Crippen LogP contribution in [0.1, 0.15) is 11.1 Å². The van der Waals surface area contributed by atoms with Gasteiger partial charge in [-0.2, -0.15) is 11.3 Å². The molecule has 4 heteroatoms. The zero-order chi connectivity index (χ0) is 13.0. The first-order valence-electron chi connectivity index (χ1n) is 5.46. The van der Waals surface area contributed by atoms with E-state index in [2.05, 4.69) is 5.32 Å². The van der Waals surface area contributed by atoms with Crippen molar-refractivity contribution in [3.05, 3.63) is 52.2 Å². The van der Waals surface area contributed by atoms with Crippen LogP contribution in [0.4, 0.5) is 5.69 Å². The van der Waals surface area contributed by atoms with E-state index in [9.17, 15) is 9.90 Å². The average Bonchev–Trinajstić information content (AvgIpc) is 2.84. The minimum Gasteiger partial charge on any atom is -0.506 e. The highest BCUT2D eigenvalue weighted by Gasteiger charge is 2.03. The third-order valence-corrected chi connectivity index (χ3v) is 3.08. The van der Waals surface area contributed by atoms with Crippen LogP contribution in [0.15, 0.2) is 41.1 Å². The second kappa shape index (κ2) is 5.51. The number of thiophene rings is 1. The molecule has 1 amide bonds. The van der Waals surface area contributed by atoms with Crippen molar-refractivity contribution in [3.63, 3.8) is 0 Å². The van der Waals surface area contributed by atoms with Crippen LogP contribution in [0.25, 0.3) is 6.08 Å². The second-order valence-electron chi connectivity index (χ2n) is 3.90. The molecule has 1 aromatic heterocycles. The number of aryl methyl sites for hydroxylation is 1. The number of benzene rings is 1. The first kappa shape index (κ1) is 12.4. The highest BCUT2D eigenvalue weighted by Crippen LogP contribution is 2.23. The summed E-state index contributed by atoms with van der Waals surface area (Å²) in [5.74, 6) is -0.194. The Morgan fingerprint density at radius 1 is 1.39 bits per heavy atom. The van der Waals surface area contributed by atoms with Crippen LogP contribution in [0, 0.1) is 6.92 Å². The van der Waals surface area contributed by atoms with E-state index >= 15 is 0 Å². The molecular weight excluding hydrogens is 246 g/mol. The number of phenols is 1. The van der Waals surface area contributed by atoms with Crippen LogP contribution in [-0.2, 0) is 4.79 Å². The van der Waals surface area contributed by atoms with Crippen LogP contribution >= 0.6 is 11.3 Å². The Bertz CT molecular complexity index is 573. The summed E-state index contributed by atoms with van der Waals surface area (Å²) in [5, 5.41) is 16.1. The molecule has 0 atom stereocenters. The molecular formula is C14H13NO2S. The quantitative estimate of drug-likeness (QED) is 0.655. The molecule has 0 saturated carbocycles. The average molecular weight is 259 g/mol. The van der Waals surface area contributed by atoms with Crippen molar-refractivity contribution in [1.82, 2.24) is 0 Å². The Kier molecular flexibility index (Phi) is 3.79. The monoisotopic (exact) mass is 259 g/mol. The van der Waals surface area contributed by atoms with Gasteiger partial charge in [0, 0.05) is 6.08 Å². The smallest absolute Gasteiger partial charge is 0.248 e. The van der Waals surface area contributed by atoms with E-state index in [1.807, 2.05) is 23.8 Å². The van der Waals surface area contributed by atoms with Crippen LogP contribution in [-0.4, -0.2) is 11.0 Å². The first-order valence-corrected chi connectivity index (χ1v) is 6.40. The number of amides is 1. The number of anilines is 1. The largest absolute Gasteiger partial charge is 0.506 e. The number of hydrogen-bond donors (Lipinski definition) is 2. The fourth-order valence-corrected chi connectivity index (χ4v) is 2.09. The highest BCUT2D eigenvalue weighted by atomic mass is 32.1. The van der Waals surface area contributed by atoms with Crippen LogP contribution in [0.2, 0.25) is 0 Å². The minimum atomic E-state index is -0.262. The minimum absolute atomic E-state index is 0.0675. The van der Waals surface area contributed by atoms with Gasteiger partial charge in [0.05, 0.1) is 5.69 Å². The fourth-order valence-electron chi connectivity index (χ4n) is 1.47. The Morgan fingerprint density at radius 2 is 2.22 bits per heavy atom. The van der Waals surface area contributed by atoms with E-state index in [-0.39, 0.29) is 11.7 Å². The van der Waals surface area contributed by atoms with E-state index in [4.69, 9.17) is 0 Å². The van der Waals surface area contributed by atoms with E-state index in [1.165, 1.54) is 6.08 Å².